The molecule has 0 spiro atoms. The summed E-state index contributed by atoms with van der Waals surface area (Å²) in [4.78, 5) is 0. The Morgan fingerprint density at radius 3 is 2.02 bits per heavy atom. The molecule has 0 aliphatic rings. The minimum absolute atomic E-state index is 0.887. The molecule has 0 radical (unpaired) electrons. The normalized spacial score (nSPS) is 12.9. The summed E-state index contributed by atoms with van der Waals surface area (Å²) in [7, 11) is 0. The lowest BCUT2D eigenvalue weighted by Gasteiger charge is -2.21. The summed E-state index contributed by atoms with van der Waals surface area (Å²) >= 11 is 0. The van der Waals surface area contributed by atoms with Gasteiger partial charge in [0, 0.05) is 6.21 Å². The van der Waals surface area contributed by atoms with Crippen molar-refractivity contribution in [1.82, 2.24) is 0 Å². The second-order valence-corrected chi connectivity index (χ2v) is 10.8. The van der Waals surface area contributed by atoms with E-state index in [9.17, 15) is 0 Å². The molecule has 0 aliphatic heterocycles. The molecule has 0 aliphatic carbocycles. The van der Waals surface area contributed by atoms with E-state index in [4.69, 9.17) is 5.41 Å². The Morgan fingerprint density at radius 1 is 0.814 bits per heavy atom. The number of fused-ring (bicyclic) bond motifs is 1. The number of nitrogens with one attached hydrogen (secondary N) is 1. The van der Waals surface area contributed by atoms with E-state index in [1.165, 1.54) is 61.5 Å². The second-order valence-electron chi connectivity index (χ2n) is 10.8. The van der Waals surface area contributed by atoms with Gasteiger partial charge in [-0.2, -0.15) is 0 Å². The van der Waals surface area contributed by atoms with Crippen molar-refractivity contribution in [3.8, 4) is 22.3 Å². The summed E-state index contributed by atoms with van der Waals surface area (Å²) in [6, 6.07) is 26.2. The number of rotatable bonds is 11. The molecule has 4 rings (SSSR count). The van der Waals surface area contributed by atoms with Crippen molar-refractivity contribution >= 4 is 34.2 Å². The second kappa shape index (κ2) is 14.9. The van der Waals surface area contributed by atoms with Crippen LogP contribution in [0, 0.1) is 12.3 Å². The zero-order valence-corrected chi connectivity index (χ0v) is 26.2. The molecule has 0 heterocycles. The molecular weight excluding hydrogens is 518 g/mol. The first-order valence-corrected chi connectivity index (χ1v) is 15.2. The van der Waals surface area contributed by atoms with Gasteiger partial charge >= 0.3 is 0 Å². The SMILES string of the molecule is C=C/C=C\c1c(C)c(-c2cccc(C(/C=C\C=C(/C)CC)=C/C)c2)c2ccccc2c1-c1cccc(/C(C=N)=C/CC)c1. The standard InChI is InChI=1S/C42H43N/c1-7-11-24-38-31(6)41(35-22-15-20-33(27-35)32(10-4)19-14-18-30(5)9-3)39-25-12-13-26-40(39)42(38)36-23-16-21-34(28-36)37(29-43)17-8-2/h7,10-29,43H,1,8-9H2,2-6H3/b19-14-,24-11-,30-18+,32-10+,37-17+,43-29?. The maximum atomic E-state index is 8.00. The Labute approximate surface area is 258 Å². The van der Waals surface area contributed by atoms with Gasteiger partial charge in [-0.1, -0.05) is 135 Å². The van der Waals surface area contributed by atoms with Crippen LogP contribution < -0.4 is 0 Å². The summed E-state index contributed by atoms with van der Waals surface area (Å²) in [5.74, 6) is 0. The lowest BCUT2D eigenvalue weighted by atomic mass is 9.83. The fourth-order valence-electron chi connectivity index (χ4n) is 5.63. The van der Waals surface area contributed by atoms with Crippen molar-refractivity contribution < 1.29 is 0 Å². The first kappa shape index (κ1) is 31.2. The highest BCUT2D eigenvalue weighted by Crippen LogP contribution is 2.43. The summed E-state index contributed by atoms with van der Waals surface area (Å²) in [6.45, 7) is 14.8. The zero-order chi connectivity index (χ0) is 30.8. The Morgan fingerprint density at radius 2 is 1.44 bits per heavy atom. The van der Waals surface area contributed by atoms with Crippen LogP contribution in [0.1, 0.15) is 62.8 Å². The molecule has 216 valence electrons. The molecule has 0 aromatic heterocycles. The minimum Gasteiger partial charge on any atom is -0.308 e. The number of benzene rings is 4. The van der Waals surface area contributed by atoms with E-state index in [0.29, 0.717) is 0 Å². The topological polar surface area (TPSA) is 23.9 Å². The van der Waals surface area contributed by atoms with Gasteiger partial charge in [0.05, 0.1) is 0 Å². The molecule has 0 unspecified atom stereocenters. The summed E-state index contributed by atoms with van der Waals surface area (Å²) < 4.78 is 0. The lowest BCUT2D eigenvalue weighted by molar-refractivity contribution is 1.10. The maximum absolute atomic E-state index is 8.00. The molecular formula is C42H43N. The molecule has 4 aromatic carbocycles. The van der Waals surface area contributed by atoms with Crippen LogP contribution in [0.5, 0.6) is 0 Å². The average molecular weight is 562 g/mol. The van der Waals surface area contributed by atoms with Gasteiger partial charge in [-0.05, 0) is 112 Å². The predicted octanol–water partition coefficient (Wildman–Crippen LogP) is 12.4. The van der Waals surface area contributed by atoms with Crippen molar-refractivity contribution in [2.75, 3.05) is 0 Å². The Hall–Kier alpha value is -4.75. The predicted molar refractivity (Wildman–Crippen MR) is 193 cm³/mol. The van der Waals surface area contributed by atoms with Crippen molar-refractivity contribution in [1.29, 1.82) is 5.41 Å². The van der Waals surface area contributed by atoms with Crippen molar-refractivity contribution in [3.05, 3.63) is 150 Å². The van der Waals surface area contributed by atoms with Crippen LogP contribution in [0.15, 0.2) is 127 Å². The van der Waals surface area contributed by atoms with Crippen molar-refractivity contribution in [2.24, 2.45) is 0 Å². The van der Waals surface area contributed by atoms with E-state index in [0.717, 1.165) is 29.5 Å². The zero-order valence-electron chi connectivity index (χ0n) is 26.2. The van der Waals surface area contributed by atoms with Gasteiger partial charge in [-0.3, -0.25) is 0 Å². The van der Waals surface area contributed by atoms with Gasteiger partial charge in [0.2, 0.25) is 0 Å². The monoisotopic (exact) mass is 561 g/mol. The van der Waals surface area contributed by atoms with Gasteiger partial charge in [-0.25, -0.2) is 0 Å². The molecule has 43 heavy (non-hydrogen) atoms. The number of hydrogen-bond donors (Lipinski definition) is 1. The van der Waals surface area contributed by atoms with Crippen molar-refractivity contribution in [2.45, 2.75) is 47.5 Å². The molecule has 4 aromatic rings. The van der Waals surface area contributed by atoms with Crippen LogP contribution in [0.4, 0.5) is 0 Å². The van der Waals surface area contributed by atoms with Crippen LogP contribution in [0.3, 0.4) is 0 Å². The summed E-state index contributed by atoms with van der Waals surface area (Å²) in [5.41, 5.74) is 12.9. The molecule has 0 atom stereocenters. The van der Waals surface area contributed by atoms with Crippen LogP contribution in [0.25, 0.3) is 50.2 Å². The highest BCUT2D eigenvalue weighted by molar-refractivity contribution is 6.11. The third-order valence-corrected chi connectivity index (χ3v) is 7.99. The summed E-state index contributed by atoms with van der Waals surface area (Å²) in [5, 5.41) is 10.4. The fourth-order valence-corrected chi connectivity index (χ4v) is 5.63. The molecule has 1 nitrogen and oxygen atoms in total. The van der Waals surface area contributed by atoms with Gasteiger partial charge < -0.3 is 5.41 Å². The van der Waals surface area contributed by atoms with E-state index in [2.05, 4.69) is 150 Å². The van der Waals surface area contributed by atoms with E-state index >= 15 is 0 Å². The molecule has 0 amide bonds. The third-order valence-electron chi connectivity index (χ3n) is 7.99. The molecule has 1 heteroatoms. The highest BCUT2D eigenvalue weighted by atomic mass is 14.3. The van der Waals surface area contributed by atoms with Gasteiger partial charge in [-0.15, -0.1) is 0 Å². The summed E-state index contributed by atoms with van der Waals surface area (Å²) in [6.07, 6.45) is 20.3. The quantitative estimate of drug-likeness (QED) is 0.139. The highest BCUT2D eigenvalue weighted by Gasteiger charge is 2.18. The van der Waals surface area contributed by atoms with Crippen LogP contribution in [0.2, 0.25) is 0 Å². The Balaban J connectivity index is 1.99. The van der Waals surface area contributed by atoms with Crippen molar-refractivity contribution in [3.63, 3.8) is 0 Å². The Bertz CT molecular complexity index is 1790. The molecule has 1 N–H and O–H groups in total. The maximum Gasteiger partial charge on any atom is 0.0253 e. The van der Waals surface area contributed by atoms with E-state index in [1.54, 1.807) is 0 Å². The smallest absolute Gasteiger partial charge is 0.0253 e. The largest absolute Gasteiger partial charge is 0.308 e. The molecule has 0 saturated carbocycles. The lowest BCUT2D eigenvalue weighted by Crippen LogP contribution is -1.97. The Kier molecular flexibility index (Phi) is 10.8. The first-order chi connectivity index (χ1) is 21.0. The van der Waals surface area contributed by atoms with E-state index in [1.807, 2.05) is 12.2 Å². The number of hydrogen-bond acceptors (Lipinski definition) is 1. The average Bonchev–Trinajstić information content (AvgIpc) is 3.04. The van der Waals surface area contributed by atoms with E-state index in [-0.39, 0.29) is 0 Å². The minimum atomic E-state index is 0.887. The van der Waals surface area contributed by atoms with Gasteiger partial charge in [0.15, 0.2) is 0 Å². The van der Waals surface area contributed by atoms with Gasteiger partial charge in [0.25, 0.3) is 0 Å². The first-order valence-electron chi connectivity index (χ1n) is 15.2. The molecule has 0 saturated heterocycles. The van der Waals surface area contributed by atoms with Crippen LogP contribution >= 0.6 is 0 Å². The molecule has 0 fully saturated rings. The van der Waals surface area contributed by atoms with Gasteiger partial charge in [0.1, 0.15) is 0 Å². The molecule has 0 bridgehead atoms. The third kappa shape index (κ3) is 7.01. The van der Waals surface area contributed by atoms with E-state index < -0.39 is 0 Å². The van der Waals surface area contributed by atoms with Crippen LogP contribution in [-0.4, -0.2) is 6.21 Å². The fraction of sp³-hybridized carbons (Fsp3) is 0.167. The number of allylic oxidation sites excluding steroid dienone is 10. The van der Waals surface area contributed by atoms with Crippen LogP contribution in [-0.2, 0) is 0 Å².